The van der Waals surface area contributed by atoms with Gasteiger partial charge in [0.1, 0.15) is 24.5 Å². The number of nitro groups is 1. The summed E-state index contributed by atoms with van der Waals surface area (Å²) >= 11 is 6.44. The first-order chi connectivity index (χ1) is 14.9. The van der Waals surface area contributed by atoms with Crippen molar-refractivity contribution in [2.45, 2.75) is 20.5 Å². The number of hydrogen-bond donors (Lipinski definition) is 1. The van der Waals surface area contributed by atoms with Gasteiger partial charge in [-0.1, -0.05) is 17.7 Å². The Kier molecular flexibility index (Phi) is 5.64. The van der Waals surface area contributed by atoms with E-state index < -0.39 is 4.92 Å². The van der Waals surface area contributed by atoms with Crippen molar-refractivity contribution < 1.29 is 9.66 Å². The van der Waals surface area contributed by atoms with Gasteiger partial charge < -0.3 is 10.1 Å². The van der Waals surface area contributed by atoms with E-state index in [2.05, 4.69) is 20.3 Å². The van der Waals surface area contributed by atoms with Gasteiger partial charge >= 0.3 is 0 Å². The fraction of sp³-hybridized carbons (Fsp3) is 0.136. The Morgan fingerprint density at radius 1 is 1.10 bits per heavy atom. The molecule has 0 bridgehead atoms. The summed E-state index contributed by atoms with van der Waals surface area (Å²) in [6.07, 6.45) is 3.13. The molecule has 0 amide bonds. The molecule has 0 fully saturated rings. The molecule has 0 aliphatic rings. The fourth-order valence-corrected chi connectivity index (χ4v) is 3.35. The van der Waals surface area contributed by atoms with Gasteiger partial charge in [-0.3, -0.25) is 15.1 Å². The van der Waals surface area contributed by atoms with Crippen LogP contribution in [0.3, 0.4) is 0 Å². The van der Waals surface area contributed by atoms with Gasteiger partial charge in [0.05, 0.1) is 26.8 Å². The molecule has 4 aromatic rings. The number of halogens is 1. The summed E-state index contributed by atoms with van der Waals surface area (Å²) in [5.41, 5.74) is 3.63. The first-order valence-corrected chi connectivity index (χ1v) is 9.80. The molecule has 0 spiro atoms. The number of aryl methyl sites for hydroxylation is 2. The van der Waals surface area contributed by atoms with E-state index in [-0.39, 0.29) is 5.69 Å². The van der Waals surface area contributed by atoms with Crippen molar-refractivity contribution in [3.63, 3.8) is 0 Å². The lowest BCUT2D eigenvalue weighted by atomic mass is 10.1. The number of ether oxygens (including phenoxy) is 1. The van der Waals surface area contributed by atoms with Crippen molar-refractivity contribution in [3.05, 3.63) is 86.9 Å². The van der Waals surface area contributed by atoms with E-state index in [1.807, 2.05) is 19.1 Å². The highest BCUT2D eigenvalue weighted by Gasteiger charge is 2.16. The van der Waals surface area contributed by atoms with Crippen LogP contribution in [-0.4, -0.2) is 19.9 Å². The van der Waals surface area contributed by atoms with Gasteiger partial charge in [-0.25, -0.2) is 9.97 Å². The van der Waals surface area contributed by atoms with E-state index >= 15 is 0 Å². The van der Waals surface area contributed by atoms with Gasteiger partial charge in [-0.15, -0.1) is 0 Å². The topological polar surface area (TPSA) is 103 Å². The van der Waals surface area contributed by atoms with Crippen LogP contribution in [0.4, 0.5) is 17.2 Å². The third-order valence-corrected chi connectivity index (χ3v) is 5.15. The average Bonchev–Trinajstić information content (AvgIpc) is 2.74. The first kappa shape index (κ1) is 20.5. The minimum absolute atomic E-state index is 0.00464. The van der Waals surface area contributed by atoms with Gasteiger partial charge in [0.2, 0.25) is 0 Å². The predicted molar refractivity (Wildman–Crippen MR) is 119 cm³/mol. The summed E-state index contributed by atoms with van der Waals surface area (Å²) < 4.78 is 5.81. The zero-order valence-corrected chi connectivity index (χ0v) is 17.6. The molecule has 2 aromatic heterocycles. The number of nitrogens with zero attached hydrogens (tertiary/aromatic N) is 4. The quantitative estimate of drug-likeness (QED) is 0.314. The molecular weight excluding hydrogens is 418 g/mol. The lowest BCUT2D eigenvalue weighted by Crippen LogP contribution is -2.01. The Hall–Kier alpha value is -3.78. The Morgan fingerprint density at radius 3 is 2.68 bits per heavy atom. The molecule has 1 N–H and O–H groups in total. The molecule has 0 atom stereocenters. The molecule has 8 nitrogen and oxygen atoms in total. The number of nitrogens with one attached hydrogen (secondary N) is 1. The molecule has 0 saturated carbocycles. The van der Waals surface area contributed by atoms with Crippen molar-refractivity contribution in [3.8, 4) is 5.75 Å². The minimum Gasteiger partial charge on any atom is -0.487 e. The highest BCUT2D eigenvalue weighted by molar-refractivity contribution is 6.33. The zero-order valence-electron chi connectivity index (χ0n) is 16.8. The van der Waals surface area contributed by atoms with Crippen LogP contribution in [0.5, 0.6) is 5.75 Å². The number of fused-ring (bicyclic) bond motifs is 1. The summed E-state index contributed by atoms with van der Waals surface area (Å²) in [4.78, 5) is 23.7. The fourth-order valence-electron chi connectivity index (χ4n) is 3.13. The number of hydrogen-bond acceptors (Lipinski definition) is 7. The van der Waals surface area contributed by atoms with Crippen LogP contribution < -0.4 is 10.1 Å². The van der Waals surface area contributed by atoms with Gasteiger partial charge in [0, 0.05) is 29.3 Å². The van der Waals surface area contributed by atoms with Crippen LogP contribution in [0.1, 0.15) is 16.8 Å². The molecule has 156 valence electrons. The molecule has 0 unspecified atom stereocenters. The summed E-state index contributed by atoms with van der Waals surface area (Å²) in [5, 5.41) is 15.4. The average molecular weight is 436 g/mol. The number of pyridine rings is 1. The number of anilines is 2. The predicted octanol–water partition coefficient (Wildman–Crippen LogP) is 5.53. The molecule has 2 heterocycles. The second-order valence-electron chi connectivity index (χ2n) is 6.96. The maximum Gasteiger partial charge on any atom is 0.273 e. The van der Waals surface area contributed by atoms with Crippen LogP contribution >= 0.6 is 11.6 Å². The van der Waals surface area contributed by atoms with Crippen LogP contribution in [0.2, 0.25) is 5.02 Å². The SMILES string of the molecule is Cc1cc2ncnc(Nc3ccc(OCc4ncccc4C)cc3Cl)c2cc1[N+](=O)[O-]. The molecule has 9 heteroatoms. The van der Waals surface area contributed by atoms with Crippen molar-refractivity contribution in [1.29, 1.82) is 0 Å². The Morgan fingerprint density at radius 2 is 1.94 bits per heavy atom. The van der Waals surface area contributed by atoms with Gasteiger partial charge in [-0.05, 0) is 43.7 Å². The number of aromatic nitrogens is 3. The number of nitro benzene ring substituents is 1. The van der Waals surface area contributed by atoms with Crippen LogP contribution in [0, 0.1) is 24.0 Å². The molecule has 0 aliphatic heterocycles. The van der Waals surface area contributed by atoms with Crippen LogP contribution in [0.25, 0.3) is 10.9 Å². The van der Waals surface area contributed by atoms with Gasteiger partial charge in [-0.2, -0.15) is 0 Å². The third kappa shape index (κ3) is 4.39. The Balaban J connectivity index is 1.58. The molecule has 31 heavy (non-hydrogen) atoms. The summed E-state index contributed by atoms with van der Waals surface area (Å²) in [6, 6.07) is 12.2. The first-order valence-electron chi connectivity index (χ1n) is 9.42. The maximum atomic E-state index is 11.3. The van der Waals surface area contributed by atoms with Crippen LogP contribution in [0.15, 0.2) is 55.0 Å². The van der Waals surface area contributed by atoms with E-state index in [9.17, 15) is 10.1 Å². The third-order valence-electron chi connectivity index (χ3n) is 4.84. The summed E-state index contributed by atoms with van der Waals surface area (Å²) in [5.74, 6) is 1.02. The molecule has 4 rings (SSSR count). The summed E-state index contributed by atoms with van der Waals surface area (Å²) in [6.45, 7) is 3.98. The smallest absolute Gasteiger partial charge is 0.273 e. The lowest BCUT2D eigenvalue weighted by Gasteiger charge is -2.12. The van der Waals surface area contributed by atoms with E-state index in [1.54, 1.807) is 37.4 Å². The maximum absolute atomic E-state index is 11.3. The second kappa shape index (κ2) is 8.53. The van der Waals surface area contributed by atoms with Gasteiger partial charge in [0.25, 0.3) is 5.69 Å². The van der Waals surface area contributed by atoms with E-state index in [0.29, 0.717) is 45.4 Å². The van der Waals surface area contributed by atoms with Crippen molar-refractivity contribution in [2.24, 2.45) is 0 Å². The van der Waals surface area contributed by atoms with E-state index in [4.69, 9.17) is 16.3 Å². The van der Waals surface area contributed by atoms with Crippen LogP contribution in [-0.2, 0) is 6.61 Å². The standard InChI is InChI=1S/C22H18ClN5O3/c1-13-4-3-7-24-20(13)11-31-15-5-6-18(17(23)9-15)27-22-16-10-21(28(29)30)14(2)8-19(16)25-12-26-22/h3-10,12H,11H2,1-2H3,(H,25,26,27). The highest BCUT2D eigenvalue weighted by Crippen LogP contribution is 2.33. The molecule has 2 aromatic carbocycles. The van der Waals surface area contributed by atoms with Crippen molar-refractivity contribution >= 4 is 39.7 Å². The lowest BCUT2D eigenvalue weighted by molar-refractivity contribution is -0.385. The Labute approximate surface area is 183 Å². The van der Waals surface area contributed by atoms with E-state index in [0.717, 1.165) is 11.3 Å². The number of benzene rings is 2. The second-order valence-corrected chi connectivity index (χ2v) is 7.36. The molecular formula is C22H18ClN5O3. The minimum atomic E-state index is -0.423. The monoisotopic (exact) mass is 435 g/mol. The van der Waals surface area contributed by atoms with E-state index in [1.165, 1.54) is 12.4 Å². The largest absolute Gasteiger partial charge is 0.487 e. The summed E-state index contributed by atoms with van der Waals surface area (Å²) in [7, 11) is 0. The molecule has 0 aliphatic carbocycles. The zero-order chi connectivity index (χ0) is 22.0. The Bertz CT molecular complexity index is 1300. The highest BCUT2D eigenvalue weighted by atomic mass is 35.5. The molecule has 0 radical (unpaired) electrons. The molecule has 0 saturated heterocycles. The van der Waals surface area contributed by atoms with Crippen molar-refractivity contribution in [1.82, 2.24) is 15.0 Å². The normalized spacial score (nSPS) is 10.8. The van der Waals surface area contributed by atoms with Crippen molar-refractivity contribution in [2.75, 3.05) is 5.32 Å². The van der Waals surface area contributed by atoms with Gasteiger partial charge in [0.15, 0.2) is 0 Å². The number of rotatable bonds is 6.